The molecule has 1 unspecified atom stereocenters. The molecule has 1 N–H and O–H groups in total. The van der Waals surface area contributed by atoms with Gasteiger partial charge < -0.3 is 4.98 Å². The summed E-state index contributed by atoms with van der Waals surface area (Å²) in [6.45, 7) is 24.1. The molecule has 0 aromatic carbocycles. The molecule has 0 fully saturated rings. The minimum atomic E-state index is -1.55. The Morgan fingerprint density at radius 1 is 1.22 bits per heavy atom. The molecule has 0 spiro atoms. The lowest BCUT2D eigenvalue weighted by atomic mass is 10.2. The van der Waals surface area contributed by atoms with Gasteiger partial charge in [-0.3, -0.25) is 0 Å². The quantitative estimate of drug-likeness (QED) is 0.698. The average molecular weight is 286 g/mol. The van der Waals surface area contributed by atoms with Crippen LogP contribution in [0.25, 0.3) is 0 Å². The van der Waals surface area contributed by atoms with Crippen molar-refractivity contribution in [2.24, 2.45) is 0 Å². The summed E-state index contributed by atoms with van der Waals surface area (Å²) >= 11 is 0. The average Bonchev–Trinajstić information content (AvgIpc) is 2.22. The van der Waals surface area contributed by atoms with Crippen molar-refractivity contribution in [3.8, 4) is 0 Å². The van der Waals surface area contributed by atoms with Crippen molar-refractivity contribution < 1.29 is 0 Å². The third kappa shape index (κ3) is 3.17. The molecule has 0 aromatic heterocycles. The van der Waals surface area contributed by atoms with E-state index in [1.165, 1.54) is 6.04 Å². The normalized spacial score (nSPS) is 18.1. The highest BCUT2D eigenvalue weighted by atomic mass is 29.3. The van der Waals surface area contributed by atoms with Crippen molar-refractivity contribution in [3.05, 3.63) is 11.3 Å². The van der Waals surface area contributed by atoms with E-state index in [1.807, 2.05) is 0 Å². The van der Waals surface area contributed by atoms with Gasteiger partial charge in [0.15, 0.2) is 0 Å². The summed E-state index contributed by atoms with van der Waals surface area (Å²) in [5.74, 6) is 0. The van der Waals surface area contributed by atoms with E-state index in [0.29, 0.717) is 11.1 Å². The second kappa shape index (κ2) is 6.06. The van der Waals surface area contributed by atoms with Crippen LogP contribution in [0.4, 0.5) is 0 Å². The Hall–Kier alpha value is 0.134. The fourth-order valence-electron chi connectivity index (χ4n) is 2.99. The van der Waals surface area contributed by atoms with E-state index in [4.69, 9.17) is 0 Å². The first kappa shape index (κ1) is 18.1. The van der Waals surface area contributed by atoms with Crippen molar-refractivity contribution in [1.82, 2.24) is 4.98 Å². The van der Waals surface area contributed by atoms with Crippen molar-refractivity contribution in [3.63, 3.8) is 0 Å². The molecule has 0 aliphatic rings. The molecule has 0 aliphatic carbocycles. The Morgan fingerprint density at radius 2 is 1.67 bits per heavy atom. The Balaban J connectivity index is 5.88. The zero-order valence-corrected chi connectivity index (χ0v) is 16.4. The van der Waals surface area contributed by atoms with Crippen LogP contribution in [0.1, 0.15) is 55.4 Å². The third-order valence-corrected chi connectivity index (χ3v) is 26.1. The summed E-state index contributed by atoms with van der Waals surface area (Å²) in [5, 5.41) is 2.10. The van der Waals surface area contributed by atoms with Gasteiger partial charge in [0, 0.05) is 0 Å². The molecule has 1 nitrogen and oxygen atoms in total. The van der Waals surface area contributed by atoms with E-state index in [9.17, 15) is 0 Å². The smallest absolute Gasteiger partial charge is 0.142 e. The zero-order chi connectivity index (χ0) is 14.8. The molecule has 0 heterocycles. The molecule has 0 saturated heterocycles. The number of nitrogens with one attached hydrogen (secondary N) is 1. The first-order valence-corrected chi connectivity index (χ1v) is 13.6. The molecule has 0 saturated carbocycles. The fraction of sp³-hybridized carbons (Fsp3) is 0.867. The van der Waals surface area contributed by atoms with Crippen LogP contribution in [0.3, 0.4) is 0 Å². The lowest BCUT2D eigenvalue weighted by molar-refractivity contribution is 0.708. The largest absolute Gasteiger partial charge is 0.334 e. The summed E-state index contributed by atoms with van der Waals surface area (Å²) in [7, 11) is -2.92. The number of hydrogen-bond donors (Lipinski definition) is 1. The minimum absolute atomic E-state index is 0.446. The molecule has 0 amide bonds. The minimum Gasteiger partial charge on any atom is -0.334 e. The summed E-state index contributed by atoms with van der Waals surface area (Å²) in [6.07, 6.45) is 2.37. The molecule has 1 atom stereocenters. The summed E-state index contributed by atoms with van der Waals surface area (Å²) in [4.78, 5) is 4.07. The molecule has 108 valence electrons. The number of hydrogen-bond acceptors (Lipinski definition) is 1. The Kier molecular flexibility index (Phi) is 6.10. The van der Waals surface area contributed by atoms with Crippen LogP contribution in [-0.4, -0.2) is 21.4 Å². The van der Waals surface area contributed by atoms with Crippen LogP contribution in [0.5, 0.6) is 0 Å². The Labute approximate surface area is 117 Å². The van der Waals surface area contributed by atoms with Crippen LogP contribution in [0.15, 0.2) is 11.3 Å². The van der Waals surface area contributed by atoms with E-state index in [-0.39, 0.29) is 0 Å². The van der Waals surface area contributed by atoms with Crippen LogP contribution in [0.2, 0.25) is 24.2 Å². The standard InChI is InChI=1S/C15H35NSi2/c1-11-14(5)18(12-2,16-13(3)4)17(9,10)15(6,7)8/h11,13,16H,12H2,1-10H3/b14-11+. The molecule has 0 rings (SSSR count). The second-order valence-corrected chi connectivity index (χ2v) is 22.1. The van der Waals surface area contributed by atoms with E-state index in [0.717, 1.165) is 0 Å². The molecule has 0 aromatic rings. The van der Waals surface area contributed by atoms with Gasteiger partial charge in [0.2, 0.25) is 0 Å². The predicted octanol–water partition coefficient (Wildman–Crippen LogP) is 5.04. The first-order valence-electron chi connectivity index (χ1n) is 7.37. The van der Waals surface area contributed by atoms with Crippen molar-refractivity contribution in [2.75, 3.05) is 0 Å². The van der Waals surface area contributed by atoms with Crippen molar-refractivity contribution in [2.45, 2.75) is 85.6 Å². The molecular formula is C15H35NSi2. The Bertz CT molecular complexity index is 300. The maximum Gasteiger partial charge on any atom is 0.142 e. The third-order valence-electron chi connectivity index (χ3n) is 5.11. The van der Waals surface area contributed by atoms with Crippen molar-refractivity contribution >= 4 is 15.3 Å². The maximum absolute atomic E-state index is 4.07. The van der Waals surface area contributed by atoms with Gasteiger partial charge in [0.1, 0.15) is 7.75 Å². The molecule has 0 bridgehead atoms. The highest BCUT2D eigenvalue weighted by Crippen LogP contribution is 2.44. The van der Waals surface area contributed by atoms with Gasteiger partial charge in [-0.2, -0.15) is 0 Å². The molecule has 3 heteroatoms. The van der Waals surface area contributed by atoms with E-state index in [1.54, 1.807) is 5.20 Å². The first-order chi connectivity index (χ1) is 7.96. The van der Waals surface area contributed by atoms with Crippen LogP contribution in [-0.2, 0) is 0 Å². The van der Waals surface area contributed by atoms with Gasteiger partial charge in [-0.15, -0.1) is 0 Å². The molecular weight excluding hydrogens is 250 g/mol. The highest BCUT2D eigenvalue weighted by molar-refractivity contribution is 7.44. The van der Waals surface area contributed by atoms with Crippen LogP contribution >= 0.6 is 0 Å². The summed E-state index contributed by atoms with van der Waals surface area (Å²) in [6, 6.07) is 1.90. The zero-order valence-electron chi connectivity index (χ0n) is 14.4. The Morgan fingerprint density at radius 3 is 1.89 bits per heavy atom. The highest BCUT2D eigenvalue weighted by Gasteiger charge is 2.54. The number of rotatable bonds is 5. The van der Waals surface area contributed by atoms with E-state index in [2.05, 4.69) is 79.5 Å². The van der Waals surface area contributed by atoms with Crippen LogP contribution < -0.4 is 4.98 Å². The topological polar surface area (TPSA) is 12.0 Å². The van der Waals surface area contributed by atoms with E-state index < -0.39 is 15.3 Å². The van der Waals surface area contributed by atoms with Gasteiger partial charge >= 0.3 is 0 Å². The summed E-state index contributed by atoms with van der Waals surface area (Å²) in [5.41, 5.74) is 0. The molecule has 0 radical (unpaired) electrons. The van der Waals surface area contributed by atoms with Crippen LogP contribution in [0, 0.1) is 0 Å². The maximum atomic E-state index is 4.07. The van der Waals surface area contributed by atoms with Gasteiger partial charge in [0.25, 0.3) is 0 Å². The van der Waals surface area contributed by atoms with Gasteiger partial charge in [-0.25, -0.2) is 0 Å². The van der Waals surface area contributed by atoms with Gasteiger partial charge in [-0.05, 0) is 31.0 Å². The SMILES string of the molecule is C/C=C(\C)[Si](CC)(NC(C)C)[Si](C)(C)C(C)(C)C. The molecule has 18 heavy (non-hydrogen) atoms. The lowest BCUT2D eigenvalue weighted by Crippen LogP contribution is -2.73. The van der Waals surface area contributed by atoms with Crippen molar-refractivity contribution in [1.29, 1.82) is 0 Å². The fourth-order valence-corrected chi connectivity index (χ4v) is 20.8. The second-order valence-electron chi connectivity index (χ2n) is 7.40. The lowest BCUT2D eigenvalue weighted by Gasteiger charge is -2.52. The monoisotopic (exact) mass is 285 g/mol. The van der Waals surface area contributed by atoms with Gasteiger partial charge in [-0.1, -0.05) is 65.9 Å². The summed E-state index contributed by atoms with van der Waals surface area (Å²) < 4.78 is 0. The molecule has 0 aliphatic heterocycles. The predicted molar refractivity (Wildman–Crippen MR) is 91.1 cm³/mol. The number of allylic oxidation sites excluding steroid dienone is 2. The van der Waals surface area contributed by atoms with Gasteiger partial charge in [0.05, 0.1) is 7.59 Å². The van der Waals surface area contributed by atoms with E-state index >= 15 is 0 Å².